The number of aromatic nitrogens is 1. The quantitative estimate of drug-likeness (QED) is 0.678. The molecule has 0 bridgehead atoms. The molecule has 1 heterocycles. The van der Waals surface area contributed by atoms with Crippen LogP contribution in [0.2, 0.25) is 0 Å². The number of nitrogens with one attached hydrogen (secondary N) is 1. The number of carbonyl (C=O) groups excluding carboxylic acids is 3. The average Bonchev–Trinajstić information content (AvgIpc) is 3.03. The minimum absolute atomic E-state index is 0.127. The summed E-state index contributed by atoms with van der Waals surface area (Å²) in [5.41, 5.74) is 1.09. The van der Waals surface area contributed by atoms with Crippen molar-refractivity contribution in [3.05, 3.63) is 59.4 Å². The molecule has 1 amide bonds. The van der Waals surface area contributed by atoms with Crippen LogP contribution >= 0.6 is 0 Å². The van der Waals surface area contributed by atoms with Gasteiger partial charge in [0.25, 0.3) is 5.91 Å². The van der Waals surface area contributed by atoms with E-state index >= 15 is 0 Å². The summed E-state index contributed by atoms with van der Waals surface area (Å²) < 4.78 is 5.37. The van der Waals surface area contributed by atoms with E-state index in [4.69, 9.17) is 4.74 Å². The van der Waals surface area contributed by atoms with E-state index in [1.807, 2.05) is 6.07 Å². The molecule has 2 rings (SSSR count). The van der Waals surface area contributed by atoms with Gasteiger partial charge in [0.1, 0.15) is 5.69 Å². The van der Waals surface area contributed by atoms with Gasteiger partial charge in [-0.05, 0) is 13.0 Å². The summed E-state index contributed by atoms with van der Waals surface area (Å²) in [4.78, 5) is 39.9. The number of ketones is 1. The minimum Gasteiger partial charge on any atom is -0.443 e. The zero-order chi connectivity index (χ0) is 17.0. The van der Waals surface area contributed by atoms with Crippen LogP contribution in [0.3, 0.4) is 0 Å². The standard InChI is InChI=1S/C17H18N2O4/c1-11(20)13-9-14(18-10-13)17(22)23-15(16(21)19(2)3)12-7-5-4-6-8-12/h4-10,15,18H,1-3H3/t15-/m0/s1. The molecule has 1 atom stereocenters. The van der Waals surface area contributed by atoms with Crippen molar-refractivity contribution in [2.45, 2.75) is 13.0 Å². The molecule has 6 heteroatoms. The van der Waals surface area contributed by atoms with Crippen LogP contribution in [0.1, 0.15) is 39.4 Å². The lowest BCUT2D eigenvalue weighted by Gasteiger charge is -2.20. The SMILES string of the molecule is CC(=O)c1c[nH]c(C(=O)O[C@H](C(=O)N(C)C)c2ccccc2)c1. The summed E-state index contributed by atoms with van der Waals surface area (Å²) in [7, 11) is 3.18. The van der Waals surface area contributed by atoms with Crippen molar-refractivity contribution in [1.82, 2.24) is 9.88 Å². The van der Waals surface area contributed by atoms with Gasteiger partial charge in [0.15, 0.2) is 5.78 Å². The van der Waals surface area contributed by atoms with Gasteiger partial charge in [-0.25, -0.2) is 4.79 Å². The predicted molar refractivity (Wildman–Crippen MR) is 84.1 cm³/mol. The third-order valence-corrected chi connectivity index (χ3v) is 3.30. The lowest BCUT2D eigenvalue weighted by atomic mass is 10.1. The average molecular weight is 314 g/mol. The third kappa shape index (κ3) is 3.85. The highest BCUT2D eigenvalue weighted by Gasteiger charge is 2.27. The summed E-state index contributed by atoms with van der Waals surface area (Å²) in [6.45, 7) is 1.40. The van der Waals surface area contributed by atoms with Gasteiger partial charge in [-0.2, -0.15) is 0 Å². The Bertz CT molecular complexity index is 719. The van der Waals surface area contributed by atoms with Crippen molar-refractivity contribution in [3.63, 3.8) is 0 Å². The van der Waals surface area contributed by atoms with Gasteiger partial charge in [-0.1, -0.05) is 30.3 Å². The number of rotatable bonds is 5. The Hall–Kier alpha value is -2.89. The van der Waals surface area contributed by atoms with E-state index in [1.165, 1.54) is 24.1 Å². The van der Waals surface area contributed by atoms with Crippen molar-refractivity contribution >= 4 is 17.7 Å². The molecule has 23 heavy (non-hydrogen) atoms. The normalized spacial score (nSPS) is 11.6. The monoisotopic (exact) mass is 314 g/mol. The first-order valence-electron chi connectivity index (χ1n) is 7.06. The van der Waals surface area contributed by atoms with Gasteiger partial charge < -0.3 is 14.6 Å². The Morgan fingerprint density at radius 1 is 1.13 bits per heavy atom. The van der Waals surface area contributed by atoms with Crippen molar-refractivity contribution in [2.75, 3.05) is 14.1 Å². The molecule has 0 aliphatic heterocycles. The summed E-state index contributed by atoms with van der Waals surface area (Å²) in [6.07, 6.45) is 0.396. The molecular formula is C17H18N2O4. The molecule has 1 aromatic heterocycles. The van der Waals surface area contributed by atoms with E-state index in [9.17, 15) is 14.4 Å². The van der Waals surface area contributed by atoms with Crippen molar-refractivity contribution in [3.8, 4) is 0 Å². The third-order valence-electron chi connectivity index (χ3n) is 3.30. The zero-order valence-electron chi connectivity index (χ0n) is 13.2. The first-order valence-corrected chi connectivity index (χ1v) is 7.06. The maximum Gasteiger partial charge on any atom is 0.355 e. The summed E-state index contributed by atoms with van der Waals surface area (Å²) in [5.74, 6) is -1.20. The second-order valence-electron chi connectivity index (χ2n) is 5.29. The summed E-state index contributed by atoms with van der Waals surface area (Å²) >= 11 is 0. The number of aromatic amines is 1. The fourth-order valence-electron chi connectivity index (χ4n) is 2.01. The van der Waals surface area contributed by atoms with Crippen LogP contribution in [0.5, 0.6) is 0 Å². The van der Waals surface area contributed by atoms with Gasteiger partial charge in [-0.15, -0.1) is 0 Å². The predicted octanol–water partition coefficient (Wildman–Crippen LogP) is 2.20. The molecule has 0 spiro atoms. The minimum atomic E-state index is -1.04. The summed E-state index contributed by atoms with van der Waals surface area (Å²) in [5, 5.41) is 0. The number of hydrogen-bond donors (Lipinski definition) is 1. The largest absolute Gasteiger partial charge is 0.443 e. The number of likely N-dealkylation sites (N-methyl/N-ethyl adjacent to an activating group) is 1. The van der Waals surface area contributed by atoms with E-state index < -0.39 is 12.1 Å². The van der Waals surface area contributed by atoms with Gasteiger partial charge in [0, 0.05) is 31.4 Å². The van der Waals surface area contributed by atoms with E-state index in [0.29, 0.717) is 11.1 Å². The Balaban J connectivity index is 2.25. The number of esters is 1. The molecule has 0 radical (unpaired) electrons. The second kappa shape index (κ2) is 6.91. The molecule has 0 saturated heterocycles. The first kappa shape index (κ1) is 16.5. The van der Waals surface area contributed by atoms with Gasteiger partial charge in [0.2, 0.25) is 6.10 Å². The second-order valence-corrected chi connectivity index (χ2v) is 5.29. The molecule has 0 fully saturated rings. The Morgan fingerprint density at radius 2 is 1.78 bits per heavy atom. The fourth-order valence-corrected chi connectivity index (χ4v) is 2.01. The molecule has 1 aromatic carbocycles. The fraction of sp³-hybridized carbons (Fsp3) is 0.235. The highest BCUT2D eigenvalue weighted by Crippen LogP contribution is 2.21. The van der Waals surface area contributed by atoms with E-state index in [2.05, 4.69) is 4.98 Å². The molecule has 0 saturated carbocycles. The van der Waals surface area contributed by atoms with Crippen LogP contribution in [-0.4, -0.2) is 41.6 Å². The van der Waals surface area contributed by atoms with Crippen molar-refractivity contribution in [1.29, 1.82) is 0 Å². The van der Waals surface area contributed by atoms with Gasteiger partial charge in [0.05, 0.1) is 0 Å². The number of hydrogen-bond acceptors (Lipinski definition) is 4. The van der Waals surface area contributed by atoms with Crippen LogP contribution in [-0.2, 0) is 9.53 Å². The summed E-state index contributed by atoms with van der Waals surface area (Å²) in [6, 6.07) is 10.2. The van der Waals surface area contributed by atoms with Crippen LogP contribution in [0.25, 0.3) is 0 Å². The maximum atomic E-state index is 12.3. The molecule has 1 N–H and O–H groups in total. The van der Waals surface area contributed by atoms with Gasteiger partial charge >= 0.3 is 5.97 Å². The molecule has 0 aliphatic rings. The number of carbonyl (C=O) groups is 3. The highest BCUT2D eigenvalue weighted by molar-refractivity contribution is 5.98. The Kier molecular flexibility index (Phi) is 4.95. The lowest BCUT2D eigenvalue weighted by Crippen LogP contribution is -2.31. The molecule has 0 aliphatic carbocycles. The highest BCUT2D eigenvalue weighted by atomic mass is 16.5. The molecule has 120 valence electrons. The van der Waals surface area contributed by atoms with Crippen molar-refractivity contribution in [2.24, 2.45) is 0 Å². The first-order chi connectivity index (χ1) is 10.9. The van der Waals surface area contributed by atoms with E-state index in [-0.39, 0.29) is 17.4 Å². The smallest absolute Gasteiger partial charge is 0.355 e. The van der Waals surface area contributed by atoms with E-state index in [1.54, 1.807) is 38.4 Å². The maximum absolute atomic E-state index is 12.3. The topological polar surface area (TPSA) is 79.5 Å². The number of H-pyrrole nitrogens is 1. The molecule has 2 aromatic rings. The Morgan fingerprint density at radius 3 is 2.30 bits per heavy atom. The molecular weight excluding hydrogens is 296 g/mol. The number of benzene rings is 1. The number of Topliss-reactive ketones (excluding diaryl/α,β-unsaturated/α-hetero) is 1. The van der Waals surface area contributed by atoms with Crippen LogP contribution in [0.4, 0.5) is 0 Å². The van der Waals surface area contributed by atoms with Crippen molar-refractivity contribution < 1.29 is 19.1 Å². The number of nitrogens with zero attached hydrogens (tertiary/aromatic N) is 1. The zero-order valence-corrected chi connectivity index (χ0v) is 13.2. The molecule has 6 nitrogen and oxygen atoms in total. The van der Waals surface area contributed by atoms with Crippen LogP contribution in [0, 0.1) is 0 Å². The van der Waals surface area contributed by atoms with Gasteiger partial charge in [-0.3, -0.25) is 9.59 Å². The lowest BCUT2D eigenvalue weighted by molar-refractivity contribution is -0.138. The number of ether oxygens (including phenoxy) is 1. The molecule has 0 unspecified atom stereocenters. The number of amides is 1. The Labute approximate surface area is 134 Å². The van der Waals surface area contributed by atoms with Crippen LogP contribution in [0.15, 0.2) is 42.6 Å². The van der Waals surface area contributed by atoms with Crippen LogP contribution < -0.4 is 0 Å². The van der Waals surface area contributed by atoms with E-state index in [0.717, 1.165) is 0 Å².